The Morgan fingerprint density at radius 2 is 2.00 bits per heavy atom. The monoisotopic (exact) mass is 292 g/mol. The first kappa shape index (κ1) is 16.3. The van der Waals surface area contributed by atoms with Gasteiger partial charge in [-0.2, -0.15) is 0 Å². The summed E-state index contributed by atoms with van der Waals surface area (Å²) < 4.78 is 14.4. The van der Waals surface area contributed by atoms with Crippen LogP contribution in [-0.4, -0.2) is 19.6 Å². The minimum Gasteiger partial charge on any atom is -0.369 e. The van der Waals surface area contributed by atoms with E-state index in [1.807, 2.05) is 6.07 Å². The number of nitrogens with zero attached hydrogens (tertiary/aromatic N) is 1. The third-order valence-corrected chi connectivity index (χ3v) is 4.69. The molecular weight excluding hydrogens is 263 g/mol. The van der Waals surface area contributed by atoms with Crippen molar-refractivity contribution in [3.8, 4) is 0 Å². The number of halogens is 1. The highest BCUT2D eigenvalue weighted by molar-refractivity contribution is 5.56. The van der Waals surface area contributed by atoms with E-state index in [0.717, 1.165) is 43.2 Å². The number of benzene rings is 1. The van der Waals surface area contributed by atoms with Crippen LogP contribution in [0.2, 0.25) is 0 Å². The predicted molar refractivity (Wildman–Crippen MR) is 88.3 cm³/mol. The van der Waals surface area contributed by atoms with E-state index in [1.54, 1.807) is 6.07 Å². The van der Waals surface area contributed by atoms with Gasteiger partial charge >= 0.3 is 0 Å². The molecule has 1 aromatic rings. The Hall–Kier alpha value is -1.09. The molecule has 0 amide bonds. The zero-order valence-corrected chi connectivity index (χ0v) is 13.7. The first-order valence-corrected chi connectivity index (χ1v) is 8.44. The molecule has 1 unspecified atom stereocenters. The molecule has 0 aromatic heterocycles. The number of piperidine rings is 1. The maximum absolute atomic E-state index is 14.4. The van der Waals surface area contributed by atoms with Crippen LogP contribution in [0.1, 0.15) is 58.1 Å². The molecule has 21 heavy (non-hydrogen) atoms. The van der Waals surface area contributed by atoms with E-state index < -0.39 is 0 Å². The van der Waals surface area contributed by atoms with Gasteiger partial charge in [0.05, 0.1) is 5.69 Å². The number of hydrogen-bond donors (Lipinski definition) is 1. The Labute approximate surface area is 128 Å². The molecule has 1 N–H and O–H groups in total. The minimum atomic E-state index is -0.0763. The maximum atomic E-state index is 14.4. The van der Waals surface area contributed by atoms with Crippen molar-refractivity contribution in [2.75, 3.05) is 24.5 Å². The highest BCUT2D eigenvalue weighted by atomic mass is 19.1. The van der Waals surface area contributed by atoms with Crippen molar-refractivity contribution in [2.24, 2.45) is 5.92 Å². The molecular formula is C18H29FN2. The van der Waals surface area contributed by atoms with Gasteiger partial charge in [0.25, 0.3) is 0 Å². The fraction of sp³-hybridized carbons (Fsp3) is 0.667. The lowest BCUT2D eigenvalue weighted by atomic mass is 9.93. The average molecular weight is 292 g/mol. The maximum Gasteiger partial charge on any atom is 0.146 e. The van der Waals surface area contributed by atoms with Crippen LogP contribution < -0.4 is 10.2 Å². The molecule has 3 heteroatoms. The molecule has 1 saturated heterocycles. The van der Waals surface area contributed by atoms with E-state index in [4.69, 9.17) is 0 Å². The van der Waals surface area contributed by atoms with Crippen LogP contribution in [0.15, 0.2) is 18.2 Å². The fourth-order valence-electron chi connectivity index (χ4n) is 3.25. The summed E-state index contributed by atoms with van der Waals surface area (Å²) in [7, 11) is 0. The quantitative estimate of drug-likeness (QED) is 0.829. The number of para-hydroxylation sites is 1. The summed E-state index contributed by atoms with van der Waals surface area (Å²) in [5, 5.41) is 3.48. The predicted octanol–water partition coefficient (Wildman–Crippen LogP) is 4.51. The van der Waals surface area contributed by atoms with Crippen molar-refractivity contribution in [3.63, 3.8) is 0 Å². The van der Waals surface area contributed by atoms with Crippen LogP contribution in [-0.2, 0) is 0 Å². The van der Waals surface area contributed by atoms with Gasteiger partial charge < -0.3 is 10.2 Å². The molecule has 118 valence electrons. The van der Waals surface area contributed by atoms with E-state index in [2.05, 4.69) is 37.1 Å². The fourth-order valence-corrected chi connectivity index (χ4v) is 3.25. The zero-order valence-electron chi connectivity index (χ0n) is 13.7. The average Bonchev–Trinajstić information content (AvgIpc) is 2.52. The van der Waals surface area contributed by atoms with E-state index in [1.165, 1.54) is 19.3 Å². The summed E-state index contributed by atoms with van der Waals surface area (Å²) in [6, 6.07) is 5.69. The summed E-state index contributed by atoms with van der Waals surface area (Å²) in [4.78, 5) is 2.25. The minimum absolute atomic E-state index is 0.0763. The first-order chi connectivity index (χ1) is 10.2. The summed E-state index contributed by atoms with van der Waals surface area (Å²) >= 11 is 0. The van der Waals surface area contributed by atoms with Gasteiger partial charge in [0.2, 0.25) is 0 Å². The van der Waals surface area contributed by atoms with Gasteiger partial charge in [0, 0.05) is 19.1 Å². The number of anilines is 1. The number of rotatable bonds is 6. The van der Waals surface area contributed by atoms with E-state index >= 15 is 0 Å². The third kappa shape index (κ3) is 3.97. The Morgan fingerprint density at radius 3 is 2.62 bits per heavy atom. The SMILES string of the molecule is CCCNC(C)c1cccc(F)c1N1CCC(CC)CC1. The molecule has 1 heterocycles. The summed E-state index contributed by atoms with van der Waals surface area (Å²) in [6.07, 6.45) is 4.70. The van der Waals surface area contributed by atoms with Crippen LogP contribution in [0.4, 0.5) is 10.1 Å². The van der Waals surface area contributed by atoms with Crippen LogP contribution in [0.3, 0.4) is 0 Å². The van der Waals surface area contributed by atoms with Crippen LogP contribution in [0, 0.1) is 11.7 Å². The zero-order chi connectivity index (χ0) is 15.2. The normalized spacial score (nSPS) is 18.0. The first-order valence-electron chi connectivity index (χ1n) is 8.44. The molecule has 0 spiro atoms. The largest absolute Gasteiger partial charge is 0.369 e. The van der Waals surface area contributed by atoms with Crippen molar-refractivity contribution < 1.29 is 4.39 Å². The van der Waals surface area contributed by atoms with Crippen LogP contribution in [0.5, 0.6) is 0 Å². The van der Waals surface area contributed by atoms with Gasteiger partial charge in [-0.15, -0.1) is 0 Å². The Morgan fingerprint density at radius 1 is 1.29 bits per heavy atom. The lowest BCUT2D eigenvalue weighted by molar-refractivity contribution is 0.391. The second-order valence-electron chi connectivity index (χ2n) is 6.19. The standard InChI is InChI=1S/C18H29FN2/c1-4-11-20-14(3)16-7-6-8-17(19)18(16)21-12-9-15(5-2)10-13-21/h6-8,14-15,20H,4-5,9-13H2,1-3H3. The van der Waals surface area contributed by atoms with Crippen LogP contribution >= 0.6 is 0 Å². The van der Waals surface area contributed by atoms with Crippen molar-refractivity contribution >= 4 is 5.69 Å². The van der Waals surface area contributed by atoms with Gasteiger partial charge in [0.15, 0.2) is 0 Å². The number of nitrogens with one attached hydrogen (secondary N) is 1. The van der Waals surface area contributed by atoms with E-state index in [-0.39, 0.29) is 11.9 Å². The van der Waals surface area contributed by atoms with Gasteiger partial charge in [-0.3, -0.25) is 0 Å². The second-order valence-corrected chi connectivity index (χ2v) is 6.19. The van der Waals surface area contributed by atoms with E-state index in [0.29, 0.717) is 0 Å². The molecule has 1 aromatic carbocycles. The summed E-state index contributed by atoms with van der Waals surface area (Å²) in [5.41, 5.74) is 1.92. The summed E-state index contributed by atoms with van der Waals surface area (Å²) in [6.45, 7) is 9.47. The smallest absolute Gasteiger partial charge is 0.146 e. The second kappa shape index (κ2) is 7.79. The number of hydrogen-bond acceptors (Lipinski definition) is 2. The third-order valence-electron chi connectivity index (χ3n) is 4.69. The van der Waals surface area contributed by atoms with Crippen LogP contribution in [0.25, 0.3) is 0 Å². The van der Waals surface area contributed by atoms with Gasteiger partial charge in [-0.05, 0) is 50.3 Å². The lowest BCUT2D eigenvalue weighted by Crippen LogP contribution is -2.35. The van der Waals surface area contributed by atoms with Crippen molar-refractivity contribution in [3.05, 3.63) is 29.6 Å². The molecule has 0 saturated carbocycles. The van der Waals surface area contributed by atoms with Gasteiger partial charge in [0.1, 0.15) is 5.82 Å². The molecule has 2 nitrogen and oxygen atoms in total. The van der Waals surface area contributed by atoms with E-state index in [9.17, 15) is 4.39 Å². The molecule has 0 aliphatic carbocycles. The van der Waals surface area contributed by atoms with Gasteiger partial charge in [-0.25, -0.2) is 4.39 Å². The topological polar surface area (TPSA) is 15.3 Å². The molecule has 2 rings (SSSR count). The van der Waals surface area contributed by atoms with Crippen molar-refractivity contribution in [2.45, 2.75) is 52.5 Å². The highest BCUT2D eigenvalue weighted by Gasteiger charge is 2.23. The highest BCUT2D eigenvalue weighted by Crippen LogP contribution is 2.33. The lowest BCUT2D eigenvalue weighted by Gasteiger charge is -2.35. The molecule has 1 aliphatic rings. The molecule has 1 aliphatic heterocycles. The molecule has 1 fully saturated rings. The Kier molecular flexibility index (Phi) is 6.04. The Balaban J connectivity index is 2.18. The summed E-state index contributed by atoms with van der Waals surface area (Å²) in [5.74, 6) is 0.736. The molecule has 0 radical (unpaired) electrons. The van der Waals surface area contributed by atoms with Crippen molar-refractivity contribution in [1.82, 2.24) is 5.32 Å². The molecule has 0 bridgehead atoms. The van der Waals surface area contributed by atoms with Crippen molar-refractivity contribution in [1.29, 1.82) is 0 Å². The Bertz CT molecular complexity index is 439. The molecule has 1 atom stereocenters. The van der Waals surface area contributed by atoms with Gasteiger partial charge in [-0.1, -0.05) is 32.4 Å².